The number of carbonyl (C=O) groups excluding carboxylic acids is 1. The lowest BCUT2D eigenvalue weighted by Gasteiger charge is -2.06. The van der Waals surface area contributed by atoms with Crippen LogP contribution in [0, 0.1) is 0 Å². The van der Waals surface area contributed by atoms with Crippen LogP contribution in [0.5, 0.6) is 0 Å². The van der Waals surface area contributed by atoms with Crippen molar-refractivity contribution in [1.82, 2.24) is 0 Å². The number of aliphatic imine (C=N–C) groups is 1. The normalized spacial score (nSPS) is 12.2. The third-order valence-corrected chi connectivity index (χ3v) is 3.02. The molecule has 2 N–H and O–H groups in total. The summed E-state index contributed by atoms with van der Waals surface area (Å²) in [6, 6.07) is 0.843. The van der Waals surface area contributed by atoms with Crippen LogP contribution >= 0.6 is 11.6 Å². The van der Waals surface area contributed by atoms with Crippen molar-refractivity contribution in [3.05, 3.63) is 22.8 Å². The summed E-state index contributed by atoms with van der Waals surface area (Å²) < 4.78 is 42.3. The lowest BCUT2D eigenvalue weighted by Crippen LogP contribution is -2.19. The number of hydrogen-bond acceptors (Lipinski definition) is 4. The van der Waals surface area contributed by atoms with Crippen molar-refractivity contribution >= 4 is 29.1 Å². The van der Waals surface area contributed by atoms with Gasteiger partial charge in [0.2, 0.25) is 0 Å². The number of rotatable bonds is 7. The van der Waals surface area contributed by atoms with E-state index in [0.717, 1.165) is 12.3 Å². The Bertz CT molecular complexity index is 577. The summed E-state index contributed by atoms with van der Waals surface area (Å²) in [6.07, 6.45) is -3.50. The predicted molar refractivity (Wildman–Crippen MR) is 80.7 cm³/mol. The van der Waals surface area contributed by atoms with E-state index in [2.05, 4.69) is 15.3 Å². The minimum atomic E-state index is -4.45. The second kappa shape index (κ2) is 8.71. The number of aromatic amines is 1. The minimum absolute atomic E-state index is 0.0629. The van der Waals surface area contributed by atoms with Crippen molar-refractivity contribution in [3.63, 3.8) is 0 Å². The maximum atomic E-state index is 12.5. The fourth-order valence-electron chi connectivity index (χ4n) is 1.67. The first-order chi connectivity index (χ1) is 10.7. The van der Waals surface area contributed by atoms with Gasteiger partial charge in [-0.05, 0) is 19.9 Å². The molecule has 0 aliphatic heterocycles. The van der Waals surface area contributed by atoms with Gasteiger partial charge in [-0.1, -0.05) is 11.6 Å². The highest BCUT2D eigenvalue weighted by Crippen LogP contribution is 2.30. The Balaban J connectivity index is 2.49. The van der Waals surface area contributed by atoms with Gasteiger partial charge in [0.05, 0.1) is 25.1 Å². The minimum Gasteiger partial charge on any atom is -0.466 e. The van der Waals surface area contributed by atoms with Gasteiger partial charge in [0.1, 0.15) is 17.8 Å². The van der Waals surface area contributed by atoms with Crippen LogP contribution < -0.4 is 10.3 Å². The van der Waals surface area contributed by atoms with Crippen molar-refractivity contribution in [3.8, 4) is 0 Å². The molecule has 5 nitrogen and oxygen atoms in total. The number of aromatic nitrogens is 1. The summed E-state index contributed by atoms with van der Waals surface area (Å²) in [6.45, 7) is 4.43. The Kier molecular flexibility index (Phi) is 7.28. The van der Waals surface area contributed by atoms with Gasteiger partial charge in [-0.15, -0.1) is 0 Å². The van der Waals surface area contributed by atoms with Gasteiger partial charge in [-0.3, -0.25) is 15.1 Å². The molecule has 0 radical (unpaired) electrons. The van der Waals surface area contributed by atoms with Crippen LogP contribution in [0.1, 0.15) is 25.8 Å². The zero-order valence-electron chi connectivity index (χ0n) is 12.8. The Morgan fingerprint density at radius 1 is 1.48 bits per heavy atom. The third kappa shape index (κ3) is 6.85. The third-order valence-electron chi connectivity index (χ3n) is 2.72. The number of alkyl halides is 3. The fourth-order valence-corrected chi connectivity index (χ4v) is 1.91. The number of pyridine rings is 1. The maximum Gasteiger partial charge on any atom is 0.419 e. The number of nitrogens with one attached hydrogen (secondary N) is 2. The van der Waals surface area contributed by atoms with Crippen LogP contribution in [0.25, 0.3) is 0 Å². The molecule has 0 amide bonds. The van der Waals surface area contributed by atoms with Crippen molar-refractivity contribution in [2.45, 2.75) is 26.4 Å². The van der Waals surface area contributed by atoms with Crippen molar-refractivity contribution in [1.29, 1.82) is 0 Å². The molecule has 0 atom stereocenters. The Morgan fingerprint density at radius 3 is 2.74 bits per heavy atom. The van der Waals surface area contributed by atoms with Crippen LogP contribution in [0.3, 0.4) is 0 Å². The van der Waals surface area contributed by atoms with E-state index in [0.29, 0.717) is 25.4 Å². The number of H-pyrrole nitrogens is 1. The molecule has 1 heterocycles. The van der Waals surface area contributed by atoms with Gasteiger partial charge in [0.25, 0.3) is 5.82 Å². The van der Waals surface area contributed by atoms with E-state index in [-0.39, 0.29) is 23.2 Å². The van der Waals surface area contributed by atoms with Crippen molar-refractivity contribution < 1.29 is 27.7 Å². The summed E-state index contributed by atoms with van der Waals surface area (Å²) >= 11 is 5.79. The van der Waals surface area contributed by atoms with Gasteiger partial charge in [-0.2, -0.15) is 13.2 Å². The zero-order chi connectivity index (χ0) is 17.5. The summed E-state index contributed by atoms with van der Waals surface area (Å²) in [4.78, 5) is 17.9. The van der Waals surface area contributed by atoms with Crippen molar-refractivity contribution in [2.24, 2.45) is 4.99 Å². The highest BCUT2D eigenvalue weighted by Gasteiger charge is 2.32. The van der Waals surface area contributed by atoms with Crippen LogP contribution in [-0.2, 0) is 15.7 Å². The Hall–Kier alpha value is -1.83. The van der Waals surface area contributed by atoms with Crippen molar-refractivity contribution in [2.75, 3.05) is 25.0 Å². The zero-order valence-corrected chi connectivity index (χ0v) is 13.5. The molecular formula is C14H18ClF3N3O2+. The number of halogens is 4. The Labute approximate surface area is 136 Å². The van der Waals surface area contributed by atoms with E-state index in [1.165, 1.54) is 0 Å². The molecule has 1 rings (SSSR count). The summed E-state index contributed by atoms with van der Waals surface area (Å²) in [5, 5.41) is 2.78. The molecule has 0 bridgehead atoms. The van der Waals surface area contributed by atoms with E-state index in [1.54, 1.807) is 13.8 Å². The quantitative estimate of drug-likeness (QED) is 0.466. The molecule has 0 aliphatic rings. The maximum absolute atomic E-state index is 12.5. The molecule has 0 saturated heterocycles. The van der Waals surface area contributed by atoms with Crippen LogP contribution in [-0.4, -0.2) is 31.4 Å². The number of nitrogens with zero attached hydrogens (tertiary/aromatic N) is 1. The number of esters is 1. The molecule has 0 unspecified atom stereocenters. The molecule has 0 aliphatic carbocycles. The number of carbonyl (C=O) groups is 1. The lowest BCUT2D eigenvalue weighted by atomic mass is 10.3. The standard InChI is InChI=1S/C14H17ClF3N3O2/c1-3-23-12(22)6-9(2)19-4-5-20-13-11(15)7-10(8-21-13)14(16,17)18/h7-8H,3-6H2,1-2H3,(H,20,21)/p+1. The topological polar surface area (TPSA) is 64.8 Å². The molecule has 0 aromatic carbocycles. The van der Waals surface area contributed by atoms with E-state index in [1.807, 2.05) is 0 Å². The van der Waals surface area contributed by atoms with Gasteiger partial charge < -0.3 is 4.74 Å². The molecule has 0 spiro atoms. The largest absolute Gasteiger partial charge is 0.466 e. The molecule has 1 aromatic heterocycles. The van der Waals surface area contributed by atoms with E-state index >= 15 is 0 Å². The highest BCUT2D eigenvalue weighted by atomic mass is 35.5. The molecule has 128 valence electrons. The van der Waals surface area contributed by atoms with Gasteiger partial charge in [0, 0.05) is 5.71 Å². The number of hydrogen-bond donors (Lipinski definition) is 1. The van der Waals surface area contributed by atoms with Gasteiger partial charge in [0.15, 0.2) is 0 Å². The summed E-state index contributed by atoms with van der Waals surface area (Å²) in [5.41, 5.74) is -0.232. The molecule has 23 heavy (non-hydrogen) atoms. The van der Waals surface area contributed by atoms with Gasteiger partial charge >= 0.3 is 12.1 Å². The number of anilines is 1. The lowest BCUT2D eigenvalue weighted by molar-refractivity contribution is -0.364. The molecule has 9 heteroatoms. The first kappa shape index (κ1) is 19.2. The fraction of sp³-hybridized carbons (Fsp3) is 0.500. The summed E-state index contributed by atoms with van der Waals surface area (Å²) in [5.74, 6) is -0.0706. The van der Waals surface area contributed by atoms with E-state index < -0.39 is 11.7 Å². The highest BCUT2D eigenvalue weighted by molar-refractivity contribution is 6.32. The Morgan fingerprint density at radius 2 is 2.17 bits per heavy atom. The number of ether oxygens (including phenoxy) is 1. The average Bonchev–Trinajstić information content (AvgIpc) is 2.44. The first-order valence-electron chi connectivity index (χ1n) is 6.92. The first-order valence-corrected chi connectivity index (χ1v) is 7.29. The summed E-state index contributed by atoms with van der Waals surface area (Å²) in [7, 11) is 0. The van der Waals surface area contributed by atoms with Crippen LogP contribution in [0.2, 0.25) is 5.02 Å². The average molecular weight is 353 g/mol. The monoisotopic (exact) mass is 352 g/mol. The van der Waals surface area contributed by atoms with Crippen LogP contribution in [0.15, 0.2) is 17.3 Å². The SMILES string of the molecule is CCOC(=O)CC(C)=NCCNc1[nH+]cc(C(F)(F)F)cc1Cl. The van der Waals surface area contributed by atoms with Gasteiger partial charge in [-0.25, -0.2) is 4.98 Å². The molecule has 1 aromatic rings. The molecule has 0 fully saturated rings. The van der Waals surface area contributed by atoms with E-state index in [4.69, 9.17) is 16.3 Å². The molecular weight excluding hydrogens is 335 g/mol. The molecule has 0 saturated carbocycles. The van der Waals surface area contributed by atoms with E-state index in [9.17, 15) is 18.0 Å². The second-order valence-corrected chi connectivity index (χ2v) is 5.04. The predicted octanol–water partition coefficient (Wildman–Crippen LogP) is 3.00. The second-order valence-electron chi connectivity index (χ2n) is 4.63. The smallest absolute Gasteiger partial charge is 0.419 e. The van der Waals surface area contributed by atoms with Crippen LogP contribution in [0.4, 0.5) is 19.0 Å².